The van der Waals surface area contributed by atoms with Crippen molar-refractivity contribution in [2.45, 2.75) is 12.3 Å². The highest BCUT2D eigenvalue weighted by Gasteiger charge is 2.34. The van der Waals surface area contributed by atoms with Gasteiger partial charge in [0, 0.05) is 22.8 Å². The van der Waals surface area contributed by atoms with Crippen molar-refractivity contribution in [3.63, 3.8) is 0 Å². The molecule has 0 saturated heterocycles. The van der Waals surface area contributed by atoms with Gasteiger partial charge in [-0.2, -0.15) is 4.98 Å². The molecule has 1 unspecified atom stereocenters. The molecule has 0 bridgehead atoms. The first-order valence-corrected chi connectivity index (χ1v) is 9.20. The molecule has 0 saturated carbocycles. The van der Waals surface area contributed by atoms with Crippen LogP contribution in [0.25, 0.3) is 0 Å². The smallest absolute Gasteiger partial charge is 0.258 e. The van der Waals surface area contributed by atoms with E-state index < -0.39 is 23.3 Å². The van der Waals surface area contributed by atoms with Crippen LogP contribution in [0.4, 0.5) is 23.1 Å². The Morgan fingerprint density at radius 3 is 2.59 bits per heavy atom. The molecule has 9 heteroatoms. The lowest BCUT2D eigenvalue weighted by Crippen LogP contribution is -2.36. The third-order valence-electron chi connectivity index (χ3n) is 4.40. The van der Waals surface area contributed by atoms with E-state index in [9.17, 15) is 14.4 Å². The van der Waals surface area contributed by atoms with Crippen molar-refractivity contribution >= 4 is 46.6 Å². The number of hydrogen-bond acceptors (Lipinski definition) is 5. The Morgan fingerprint density at radius 2 is 1.83 bits per heavy atom. The molecule has 2 heterocycles. The van der Waals surface area contributed by atoms with Crippen molar-refractivity contribution in [2.75, 3.05) is 16.0 Å². The van der Waals surface area contributed by atoms with E-state index in [0.29, 0.717) is 16.4 Å². The lowest BCUT2D eigenvalue weighted by atomic mass is 9.92. The molecule has 2 amide bonds. The van der Waals surface area contributed by atoms with Crippen LogP contribution in [0, 0.1) is 0 Å². The molecule has 4 N–H and O–H groups in total. The highest BCUT2D eigenvalue weighted by molar-refractivity contribution is 6.30. The van der Waals surface area contributed by atoms with Crippen molar-refractivity contribution in [2.24, 2.45) is 0 Å². The number of nitrogens with zero attached hydrogens (tertiary/aromatic N) is 1. The topological polar surface area (TPSA) is 116 Å². The molecular formula is C20H16ClN5O3. The highest BCUT2D eigenvalue weighted by atomic mass is 35.5. The van der Waals surface area contributed by atoms with E-state index in [0.717, 1.165) is 0 Å². The number of carbonyl (C=O) groups excluding carboxylic acids is 2. The molecule has 1 aliphatic heterocycles. The average molecular weight is 410 g/mol. The molecule has 0 radical (unpaired) electrons. The molecule has 1 atom stereocenters. The number of nitrogens with one attached hydrogen (secondary N) is 4. The van der Waals surface area contributed by atoms with Gasteiger partial charge in [-0.1, -0.05) is 35.9 Å². The van der Waals surface area contributed by atoms with Crippen LogP contribution in [0.5, 0.6) is 0 Å². The first-order chi connectivity index (χ1) is 14.0. The molecule has 2 aromatic carbocycles. The zero-order valence-electron chi connectivity index (χ0n) is 15.0. The number of para-hydroxylation sites is 1. The van der Waals surface area contributed by atoms with Crippen LogP contribution >= 0.6 is 11.6 Å². The van der Waals surface area contributed by atoms with Crippen LogP contribution in [-0.2, 0) is 9.59 Å². The summed E-state index contributed by atoms with van der Waals surface area (Å²) in [6.45, 7) is 0. The Bertz CT molecular complexity index is 1150. The van der Waals surface area contributed by atoms with Crippen LogP contribution in [0.1, 0.15) is 17.9 Å². The van der Waals surface area contributed by atoms with Crippen molar-refractivity contribution in [3.8, 4) is 0 Å². The van der Waals surface area contributed by atoms with E-state index in [1.807, 2.05) is 18.2 Å². The summed E-state index contributed by atoms with van der Waals surface area (Å²) in [6.07, 6.45) is -0.157. The number of aromatic nitrogens is 2. The van der Waals surface area contributed by atoms with Gasteiger partial charge in [0.15, 0.2) is 0 Å². The molecule has 4 rings (SSSR count). The number of amides is 2. The quantitative estimate of drug-likeness (QED) is 0.528. The second-order valence-electron chi connectivity index (χ2n) is 6.47. The SMILES string of the molecule is O=C1CC(C(=O)Nc2cccc(Cl)c2)c2c(nc(Nc3ccccc3)[nH]c2=O)N1. The fourth-order valence-corrected chi connectivity index (χ4v) is 3.30. The van der Waals surface area contributed by atoms with E-state index in [2.05, 4.69) is 25.9 Å². The fraction of sp³-hybridized carbons (Fsp3) is 0.100. The minimum atomic E-state index is -0.972. The number of halogens is 1. The number of hydrogen-bond donors (Lipinski definition) is 4. The van der Waals surface area contributed by atoms with Crippen LogP contribution in [0.3, 0.4) is 0 Å². The summed E-state index contributed by atoms with van der Waals surface area (Å²) in [5.41, 5.74) is 0.803. The lowest BCUT2D eigenvalue weighted by Gasteiger charge is -2.23. The number of rotatable bonds is 4. The maximum atomic E-state index is 12.8. The maximum absolute atomic E-state index is 12.8. The highest BCUT2D eigenvalue weighted by Crippen LogP contribution is 2.30. The van der Waals surface area contributed by atoms with E-state index >= 15 is 0 Å². The standard InChI is InChI=1S/C20H16ClN5O3/c21-11-5-4-8-13(9-11)22-18(28)14-10-15(27)24-17-16(14)19(29)26-20(25-17)23-12-6-2-1-3-7-12/h1-9,14H,10H2,(H,22,28)(H3,23,24,25,26,27,29). The molecule has 29 heavy (non-hydrogen) atoms. The molecule has 0 spiro atoms. The van der Waals surface area contributed by atoms with Gasteiger partial charge in [0.2, 0.25) is 17.8 Å². The molecule has 1 aliphatic rings. The Labute approximate surface area is 170 Å². The first kappa shape index (κ1) is 18.7. The molecular weight excluding hydrogens is 394 g/mol. The van der Waals surface area contributed by atoms with Crippen LogP contribution < -0.4 is 21.5 Å². The van der Waals surface area contributed by atoms with Gasteiger partial charge < -0.3 is 16.0 Å². The third-order valence-corrected chi connectivity index (χ3v) is 4.63. The number of aromatic amines is 1. The van der Waals surface area contributed by atoms with E-state index in [-0.39, 0.29) is 23.8 Å². The Morgan fingerprint density at radius 1 is 1.07 bits per heavy atom. The molecule has 0 aliphatic carbocycles. The van der Waals surface area contributed by atoms with Gasteiger partial charge in [0.05, 0.1) is 11.5 Å². The largest absolute Gasteiger partial charge is 0.326 e. The zero-order valence-corrected chi connectivity index (χ0v) is 15.8. The van der Waals surface area contributed by atoms with Gasteiger partial charge in [-0.25, -0.2) is 0 Å². The van der Waals surface area contributed by atoms with E-state index in [1.165, 1.54) is 0 Å². The second kappa shape index (κ2) is 7.76. The first-order valence-electron chi connectivity index (χ1n) is 8.82. The van der Waals surface area contributed by atoms with Crippen molar-refractivity contribution in [3.05, 3.63) is 75.5 Å². The number of anilines is 4. The minimum absolute atomic E-state index is 0.0645. The molecule has 0 fully saturated rings. The Kier molecular flexibility index (Phi) is 5.01. The van der Waals surface area contributed by atoms with Gasteiger partial charge in [-0.05, 0) is 30.3 Å². The molecule has 1 aromatic heterocycles. The second-order valence-corrected chi connectivity index (χ2v) is 6.91. The number of fused-ring (bicyclic) bond motifs is 1. The summed E-state index contributed by atoms with van der Waals surface area (Å²) < 4.78 is 0. The monoisotopic (exact) mass is 409 g/mol. The van der Waals surface area contributed by atoms with Crippen LogP contribution in [-0.4, -0.2) is 21.8 Å². The summed E-state index contributed by atoms with van der Waals surface area (Å²) in [4.78, 5) is 44.5. The van der Waals surface area contributed by atoms with Crippen LogP contribution in [0.2, 0.25) is 5.02 Å². The zero-order chi connectivity index (χ0) is 20.4. The molecule has 8 nitrogen and oxygen atoms in total. The van der Waals surface area contributed by atoms with Crippen molar-refractivity contribution in [1.82, 2.24) is 9.97 Å². The third kappa shape index (κ3) is 4.12. The normalized spacial score (nSPS) is 15.2. The number of carbonyl (C=O) groups is 2. The fourth-order valence-electron chi connectivity index (χ4n) is 3.11. The lowest BCUT2D eigenvalue weighted by molar-refractivity contribution is -0.123. The number of benzene rings is 2. The Balaban J connectivity index is 1.64. The minimum Gasteiger partial charge on any atom is -0.326 e. The summed E-state index contributed by atoms with van der Waals surface area (Å²) >= 11 is 5.94. The van der Waals surface area contributed by atoms with Gasteiger partial charge in [-0.15, -0.1) is 0 Å². The predicted molar refractivity (Wildman–Crippen MR) is 111 cm³/mol. The van der Waals surface area contributed by atoms with Gasteiger partial charge in [0.25, 0.3) is 5.56 Å². The van der Waals surface area contributed by atoms with Gasteiger partial charge in [0.1, 0.15) is 5.82 Å². The van der Waals surface area contributed by atoms with E-state index in [4.69, 9.17) is 11.6 Å². The molecule has 3 aromatic rings. The Hall–Kier alpha value is -3.65. The maximum Gasteiger partial charge on any atom is 0.258 e. The van der Waals surface area contributed by atoms with Crippen molar-refractivity contribution < 1.29 is 9.59 Å². The number of H-pyrrole nitrogens is 1. The summed E-state index contributed by atoms with van der Waals surface area (Å²) in [5, 5.41) is 8.70. The summed E-state index contributed by atoms with van der Waals surface area (Å²) in [6, 6.07) is 15.7. The van der Waals surface area contributed by atoms with E-state index in [1.54, 1.807) is 36.4 Å². The average Bonchev–Trinajstić information content (AvgIpc) is 2.67. The summed E-state index contributed by atoms with van der Waals surface area (Å²) in [7, 11) is 0. The van der Waals surface area contributed by atoms with Crippen molar-refractivity contribution in [1.29, 1.82) is 0 Å². The van der Waals surface area contributed by atoms with Crippen LogP contribution in [0.15, 0.2) is 59.4 Å². The van der Waals surface area contributed by atoms with Gasteiger partial charge in [-0.3, -0.25) is 19.4 Å². The van der Waals surface area contributed by atoms with Gasteiger partial charge >= 0.3 is 0 Å². The predicted octanol–water partition coefficient (Wildman–Crippen LogP) is 3.23. The summed E-state index contributed by atoms with van der Waals surface area (Å²) in [5.74, 6) is -1.63. The molecule has 146 valence electrons.